The van der Waals surface area contributed by atoms with Gasteiger partial charge in [-0.1, -0.05) is 0 Å². The Bertz CT molecular complexity index is 1280. The van der Waals surface area contributed by atoms with Crippen LogP contribution in [0, 0.1) is 5.82 Å². The first kappa shape index (κ1) is 22.9. The van der Waals surface area contributed by atoms with Crippen LogP contribution in [0.4, 0.5) is 4.39 Å². The van der Waals surface area contributed by atoms with Crippen molar-refractivity contribution < 1.29 is 22.0 Å². The van der Waals surface area contributed by atoms with E-state index in [1.165, 1.54) is 22.9 Å². The molecular formula is C24H27FN4O4S. The third kappa shape index (κ3) is 4.70. The predicted molar refractivity (Wildman–Crippen MR) is 124 cm³/mol. The summed E-state index contributed by atoms with van der Waals surface area (Å²) in [5.41, 5.74) is 1.90. The van der Waals surface area contributed by atoms with Crippen LogP contribution in [0.5, 0.6) is 0 Å². The van der Waals surface area contributed by atoms with E-state index in [9.17, 15) is 17.6 Å². The van der Waals surface area contributed by atoms with Crippen LogP contribution in [0.25, 0.3) is 11.1 Å². The quantitative estimate of drug-likeness (QED) is 0.551. The normalized spacial score (nSPS) is 18.4. The Balaban J connectivity index is 1.22. The largest absolute Gasteiger partial charge is 0.439 e. The average molecular weight is 487 g/mol. The van der Waals surface area contributed by atoms with Gasteiger partial charge < -0.3 is 9.32 Å². The lowest BCUT2D eigenvalue weighted by molar-refractivity contribution is 0.0724. The summed E-state index contributed by atoms with van der Waals surface area (Å²) in [5, 5.41) is 0. The minimum absolute atomic E-state index is 0.0321. The highest BCUT2D eigenvalue weighted by molar-refractivity contribution is 7.89. The molecule has 2 aliphatic rings. The molecule has 0 unspecified atom stereocenters. The van der Waals surface area contributed by atoms with Crippen molar-refractivity contribution in [2.24, 2.45) is 0 Å². The molecule has 5 rings (SSSR count). The molecule has 0 N–H and O–H groups in total. The summed E-state index contributed by atoms with van der Waals surface area (Å²) in [5.74, 6) is 0.0992. The van der Waals surface area contributed by atoms with E-state index in [0.29, 0.717) is 55.3 Å². The van der Waals surface area contributed by atoms with Gasteiger partial charge in [-0.2, -0.15) is 4.31 Å². The topological polar surface area (TPSA) is 87.0 Å². The van der Waals surface area contributed by atoms with Gasteiger partial charge in [-0.05, 0) is 61.7 Å². The maximum absolute atomic E-state index is 13.2. The number of aromatic nitrogens is 1. The fourth-order valence-electron chi connectivity index (χ4n) is 4.53. The molecule has 2 saturated heterocycles. The van der Waals surface area contributed by atoms with E-state index < -0.39 is 15.8 Å². The zero-order chi connectivity index (χ0) is 23.7. The maximum Gasteiger partial charge on any atom is 0.253 e. The Morgan fingerprint density at radius 3 is 2.35 bits per heavy atom. The Morgan fingerprint density at radius 2 is 1.65 bits per heavy atom. The molecule has 2 aliphatic heterocycles. The fourth-order valence-corrected chi connectivity index (χ4v) is 5.95. The van der Waals surface area contributed by atoms with E-state index in [-0.39, 0.29) is 10.8 Å². The van der Waals surface area contributed by atoms with Crippen LogP contribution >= 0.6 is 0 Å². The Kier molecular flexibility index (Phi) is 6.37. The number of likely N-dealkylation sites (tertiary alicyclic amines) is 1. The highest BCUT2D eigenvalue weighted by Gasteiger charge is 2.29. The number of carbonyl (C=O) groups excluding carboxylic acids is 1. The molecule has 1 aromatic heterocycles. The molecule has 0 atom stereocenters. The molecule has 0 saturated carbocycles. The predicted octanol–water partition coefficient (Wildman–Crippen LogP) is 3.10. The molecule has 2 fully saturated rings. The first-order valence-corrected chi connectivity index (χ1v) is 13.0. The number of carbonyl (C=O) groups is 1. The fraction of sp³-hybridized carbons (Fsp3) is 0.417. The van der Waals surface area contributed by atoms with E-state index in [4.69, 9.17) is 4.42 Å². The summed E-state index contributed by atoms with van der Waals surface area (Å²) in [6.07, 6.45) is 3.25. The number of sulfonamides is 1. The standard InChI is InChI=1S/C24H27FN4O4S/c25-19-5-7-20(8-6-19)34(31,32)29-14-12-27(13-15-29)17-23-26-21-16-18(4-9-22(21)33-23)24(30)28-10-2-1-3-11-28/h4-9,16H,1-3,10-15,17H2. The summed E-state index contributed by atoms with van der Waals surface area (Å²) in [6, 6.07) is 10.2. The van der Waals surface area contributed by atoms with Gasteiger partial charge in [0.05, 0.1) is 11.4 Å². The molecule has 0 bridgehead atoms. The van der Waals surface area contributed by atoms with Gasteiger partial charge >= 0.3 is 0 Å². The molecule has 34 heavy (non-hydrogen) atoms. The van der Waals surface area contributed by atoms with Gasteiger partial charge in [-0.25, -0.2) is 17.8 Å². The molecule has 3 aromatic rings. The van der Waals surface area contributed by atoms with E-state index in [1.54, 1.807) is 18.2 Å². The maximum atomic E-state index is 13.2. The second kappa shape index (κ2) is 9.44. The van der Waals surface area contributed by atoms with Crippen molar-refractivity contribution in [1.29, 1.82) is 0 Å². The van der Waals surface area contributed by atoms with Gasteiger partial charge in [0.15, 0.2) is 5.58 Å². The monoisotopic (exact) mass is 486 g/mol. The number of halogens is 1. The summed E-state index contributed by atoms with van der Waals surface area (Å²) in [7, 11) is -3.65. The lowest BCUT2D eigenvalue weighted by atomic mass is 10.1. The molecule has 0 radical (unpaired) electrons. The van der Waals surface area contributed by atoms with Gasteiger partial charge in [-0.3, -0.25) is 9.69 Å². The van der Waals surface area contributed by atoms with Crippen molar-refractivity contribution in [2.75, 3.05) is 39.3 Å². The number of benzene rings is 2. The first-order valence-electron chi connectivity index (χ1n) is 11.6. The number of fused-ring (bicyclic) bond motifs is 1. The van der Waals surface area contributed by atoms with Gasteiger partial charge in [0.1, 0.15) is 11.3 Å². The number of hydrogen-bond acceptors (Lipinski definition) is 6. The lowest BCUT2D eigenvalue weighted by Gasteiger charge is -2.33. The van der Waals surface area contributed by atoms with Crippen LogP contribution in [0.3, 0.4) is 0 Å². The van der Waals surface area contributed by atoms with Crippen molar-refractivity contribution >= 4 is 27.0 Å². The smallest absolute Gasteiger partial charge is 0.253 e. The van der Waals surface area contributed by atoms with Gasteiger partial charge in [0.2, 0.25) is 15.9 Å². The van der Waals surface area contributed by atoms with E-state index >= 15 is 0 Å². The molecule has 180 valence electrons. The third-order valence-corrected chi connectivity index (χ3v) is 8.38. The summed E-state index contributed by atoms with van der Waals surface area (Å²) < 4.78 is 46.1. The Morgan fingerprint density at radius 1 is 0.941 bits per heavy atom. The second-order valence-electron chi connectivity index (χ2n) is 8.78. The van der Waals surface area contributed by atoms with Gasteiger partial charge in [0, 0.05) is 44.8 Å². The van der Waals surface area contributed by atoms with E-state index in [2.05, 4.69) is 9.88 Å². The average Bonchev–Trinajstić information content (AvgIpc) is 3.26. The minimum atomic E-state index is -3.65. The highest BCUT2D eigenvalue weighted by Crippen LogP contribution is 2.22. The van der Waals surface area contributed by atoms with Crippen molar-refractivity contribution in [3.8, 4) is 0 Å². The number of piperidine rings is 1. The van der Waals surface area contributed by atoms with Crippen LogP contribution in [0.15, 0.2) is 51.8 Å². The van der Waals surface area contributed by atoms with E-state index in [0.717, 1.165) is 38.1 Å². The van der Waals surface area contributed by atoms with Crippen LogP contribution in [-0.4, -0.2) is 72.7 Å². The van der Waals surface area contributed by atoms with Gasteiger partial charge in [-0.15, -0.1) is 0 Å². The van der Waals surface area contributed by atoms with Crippen molar-refractivity contribution in [3.63, 3.8) is 0 Å². The zero-order valence-corrected chi connectivity index (χ0v) is 19.6. The number of nitrogens with zero attached hydrogens (tertiary/aromatic N) is 4. The Hall–Kier alpha value is -2.82. The number of oxazole rings is 1. The molecule has 8 nitrogen and oxygen atoms in total. The number of hydrogen-bond donors (Lipinski definition) is 0. The summed E-state index contributed by atoms with van der Waals surface area (Å²) >= 11 is 0. The second-order valence-corrected chi connectivity index (χ2v) is 10.7. The number of amides is 1. The third-order valence-electron chi connectivity index (χ3n) is 6.46. The van der Waals surface area contributed by atoms with Crippen molar-refractivity contribution in [3.05, 3.63) is 59.7 Å². The van der Waals surface area contributed by atoms with Crippen LogP contribution in [0.2, 0.25) is 0 Å². The molecule has 0 spiro atoms. The lowest BCUT2D eigenvalue weighted by Crippen LogP contribution is -2.48. The summed E-state index contributed by atoms with van der Waals surface area (Å²) in [4.78, 5) is 21.4. The highest BCUT2D eigenvalue weighted by atomic mass is 32.2. The number of rotatable bonds is 5. The van der Waals surface area contributed by atoms with Crippen LogP contribution < -0.4 is 0 Å². The minimum Gasteiger partial charge on any atom is -0.439 e. The SMILES string of the molecule is O=C(c1ccc2oc(CN3CCN(S(=O)(=O)c4ccc(F)cc4)CC3)nc2c1)N1CCCCC1. The van der Waals surface area contributed by atoms with Crippen molar-refractivity contribution in [2.45, 2.75) is 30.7 Å². The van der Waals surface area contributed by atoms with Crippen LogP contribution in [-0.2, 0) is 16.6 Å². The van der Waals surface area contributed by atoms with Gasteiger partial charge in [0.25, 0.3) is 5.91 Å². The molecule has 1 amide bonds. The molecule has 0 aliphatic carbocycles. The zero-order valence-electron chi connectivity index (χ0n) is 18.8. The molecule has 2 aromatic carbocycles. The first-order chi connectivity index (χ1) is 16.4. The molecule has 3 heterocycles. The van der Waals surface area contributed by atoms with Crippen LogP contribution in [0.1, 0.15) is 35.5 Å². The summed E-state index contributed by atoms with van der Waals surface area (Å²) in [6.45, 7) is 3.75. The Labute approximate surface area is 198 Å². The molecular weight excluding hydrogens is 459 g/mol. The van der Waals surface area contributed by atoms with E-state index in [1.807, 2.05) is 4.90 Å². The molecule has 10 heteroatoms. The van der Waals surface area contributed by atoms with Crippen molar-refractivity contribution in [1.82, 2.24) is 19.1 Å². The number of piperazine rings is 1.